The van der Waals surface area contributed by atoms with Crippen LogP contribution in [-0.4, -0.2) is 21.5 Å². The molecule has 2 heterocycles. The van der Waals surface area contributed by atoms with E-state index in [2.05, 4.69) is 15.0 Å². The van der Waals surface area contributed by atoms with E-state index in [1.165, 1.54) is 0 Å². The van der Waals surface area contributed by atoms with Gasteiger partial charge in [0.25, 0.3) is 0 Å². The predicted molar refractivity (Wildman–Crippen MR) is 78.0 cm³/mol. The molecule has 0 fully saturated rings. The minimum absolute atomic E-state index is 0.161. The van der Waals surface area contributed by atoms with Gasteiger partial charge in [-0.2, -0.15) is 0 Å². The van der Waals surface area contributed by atoms with E-state index in [4.69, 9.17) is 5.73 Å². The summed E-state index contributed by atoms with van der Waals surface area (Å²) in [6.07, 6.45) is 3.62. The van der Waals surface area contributed by atoms with Crippen LogP contribution in [0, 0.1) is 0 Å². The SMILES string of the molecule is NCC(Sc1nc2ccccc2[nH]1)c1cccnc1. The Bertz CT molecular complexity index is 632. The lowest BCUT2D eigenvalue weighted by Gasteiger charge is -2.12. The van der Waals surface area contributed by atoms with Crippen LogP contribution < -0.4 is 5.73 Å². The van der Waals surface area contributed by atoms with Crippen molar-refractivity contribution in [1.29, 1.82) is 0 Å². The minimum Gasteiger partial charge on any atom is -0.333 e. The van der Waals surface area contributed by atoms with Crippen molar-refractivity contribution in [2.45, 2.75) is 10.4 Å². The maximum atomic E-state index is 5.86. The molecule has 0 amide bonds. The van der Waals surface area contributed by atoms with Crippen molar-refractivity contribution < 1.29 is 0 Å². The van der Waals surface area contributed by atoms with Crippen molar-refractivity contribution >= 4 is 22.8 Å². The summed E-state index contributed by atoms with van der Waals surface area (Å²) >= 11 is 1.64. The van der Waals surface area contributed by atoms with Gasteiger partial charge in [0.1, 0.15) is 0 Å². The number of pyridine rings is 1. The van der Waals surface area contributed by atoms with Crippen LogP contribution in [0.1, 0.15) is 10.8 Å². The fraction of sp³-hybridized carbons (Fsp3) is 0.143. The molecule has 3 rings (SSSR count). The molecule has 1 atom stereocenters. The largest absolute Gasteiger partial charge is 0.333 e. The number of nitrogens with two attached hydrogens (primary N) is 1. The highest BCUT2D eigenvalue weighted by molar-refractivity contribution is 7.99. The first kappa shape index (κ1) is 12.2. The molecular formula is C14H14N4S. The zero-order chi connectivity index (χ0) is 13.1. The second-order valence-electron chi connectivity index (χ2n) is 4.19. The Morgan fingerprint density at radius 3 is 2.84 bits per heavy atom. The molecule has 1 unspecified atom stereocenters. The molecule has 19 heavy (non-hydrogen) atoms. The maximum Gasteiger partial charge on any atom is 0.167 e. The van der Waals surface area contributed by atoms with E-state index in [1.807, 2.05) is 42.6 Å². The van der Waals surface area contributed by atoms with Crippen LogP contribution in [0.3, 0.4) is 0 Å². The van der Waals surface area contributed by atoms with Crippen LogP contribution in [0.15, 0.2) is 53.9 Å². The van der Waals surface area contributed by atoms with Gasteiger partial charge in [0.05, 0.1) is 16.3 Å². The third-order valence-corrected chi connectivity index (χ3v) is 4.06. The van der Waals surface area contributed by atoms with Gasteiger partial charge in [-0.15, -0.1) is 0 Å². The van der Waals surface area contributed by atoms with Crippen LogP contribution in [0.25, 0.3) is 11.0 Å². The van der Waals surface area contributed by atoms with Crippen molar-refractivity contribution in [3.05, 3.63) is 54.4 Å². The number of rotatable bonds is 4. The molecule has 0 aliphatic heterocycles. The molecule has 0 aliphatic rings. The topological polar surface area (TPSA) is 67.6 Å². The number of para-hydroxylation sites is 2. The number of nitrogens with zero attached hydrogens (tertiary/aromatic N) is 2. The number of hydrogen-bond acceptors (Lipinski definition) is 4. The van der Waals surface area contributed by atoms with Crippen LogP contribution in [0.4, 0.5) is 0 Å². The lowest BCUT2D eigenvalue weighted by Crippen LogP contribution is -2.09. The number of benzene rings is 1. The van der Waals surface area contributed by atoms with Crippen molar-refractivity contribution in [1.82, 2.24) is 15.0 Å². The van der Waals surface area contributed by atoms with E-state index in [0.717, 1.165) is 21.8 Å². The Hall–Kier alpha value is -1.85. The van der Waals surface area contributed by atoms with Gasteiger partial charge < -0.3 is 10.7 Å². The Labute approximate surface area is 115 Å². The van der Waals surface area contributed by atoms with Gasteiger partial charge in [0.2, 0.25) is 0 Å². The number of fused-ring (bicyclic) bond motifs is 1. The van der Waals surface area contributed by atoms with E-state index in [9.17, 15) is 0 Å². The van der Waals surface area contributed by atoms with E-state index in [1.54, 1.807) is 18.0 Å². The van der Waals surface area contributed by atoms with Gasteiger partial charge in [-0.05, 0) is 23.8 Å². The average Bonchev–Trinajstić information content (AvgIpc) is 2.88. The predicted octanol–water partition coefficient (Wildman–Crippen LogP) is 2.75. The number of nitrogens with one attached hydrogen (secondary N) is 1. The smallest absolute Gasteiger partial charge is 0.167 e. The van der Waals surface area contributed by atoms with Crippen molar-refractivity contribution in [2.24, 2.45) is 5.73 Å². The molecule has 1 aromatic carbocycles. The monoisotopic (exact) mass is 270 g/mol. The number of aromatic nitrogens is 3. The molecule has 0 saturated carbocycles. The summed E-state index contributed by atoms with van der Waals surface area (Å²) < 4.78 is 0. The summed E-state index contributed by atoms with van der Waals surface area (Å²) in [7, 11) is 0. The standard InChI is InChI=1S/C14H14N4S/c15-8-13(10-4-3-7-16-9-10)19-14-17-11-5-1-2-6-12(11)18-14/h1-7,9,13H,8,15H2,(H,17,18). The highest BCUT2D eigenvalue weighted by atomic mass is 32.2. The lowest BCUT2D eigenvalue weighted by molar-refractivity contribution is 0.921. The normalized spacial score (nSPS) is 12.7. The fourth-order valence-electron chi connectivity index (χ4n) is 1.94. The Morgan fingerprint density at radius 1 is 1.21 bits per heavy atom. The number of aromatic amines is 1. The number of imidazole rings is 1. The summed E-state index contributed by atoms with van der Waals surface area (Å²) in [4.78, 5) is 12.0. The average molecular weight is 270 g/mol. The van der Waals surface area contributed by atoms with Crippen LogP contribution in [0.2, 0.25) is 0 Å². The summed E-state index contributed by atoms with van der Waals surface area (Å²) in [6.45, 7) is 0.549. The van der Waals surface area contributed by atoms with Gasteiger partial charge >= 0.3 is 0 Å². The number of thioether (sulfide) groups is 1. The maximum absolute atomic E-state index is 5.86. The first-order valence-corrected chi connectivity index (χ1v) is 6.96. The van der Waals surface area contributed by atoms with E-state index >= 15 is 0 Å². The molecule has 3 aromatic rings. The van der Waals surface area contributed by atoms with Crippen molar-refractivity contribution in [2.75, 3.05) is 6.54 Å². The first-order chi connectivity index (χ1) is 9.36. The van der Waals surface area contributed by atoms with Crippen LogP contribution in [0.5, 0.6) is 0 Å². The van der Waals surface area contributed by atoms with Gasteiger partial charge in [0, 0.05) is 18.9 Å². The van der Waals surface area contributed by atoms with Gasteiger partial charge in [-0.3, -0.25) is 4.98 Å². The van der Waals surface area contributed by atoms with E-state index in [0.29, 0.717) is 6.54 Å². The highest BCUT2D eigenvalue weighted by Crippen LogP contribution is 2.33. The molecule has 0 bridgehead atoms. The lowest BCUT2D eigenvalue weighted by atomic mass is 10.2. The zero-order valence-corrected chi connectivity index (χ0v) is 11.1. The molecular weight excluding hydrogens is 256 g/mol. The minimum atomic E-state index is 0.161. The molecule has 2 aromatic heterocycles. The molecule has 0 radical (unpaired) electrons. The zero-order valence-electron chi connectivity index (χ0n) is 10.3. The van der Waals surface area contributed by atoms with E-state index in [-0.39, 0.29) is 5.25 Å². The third-order valence-electron chi connectivity index (χ3n) is 2.89. The molecule has 0 saturated heterocycles. The molecule has 4 nitrogen and oxygen atoms in total. The summed E-state index contributed by atoms with van der Waals surface area (Å²) in [6, 6.07) is 12.0. The van der Waals surface area contributed by atoms with E-state index < -0.39 is 0 Å². The fourth-order valence-corrected chi connectivity index (χ4v) is 2.90. The van der Waals surface area contributed by atoms with Gasteiger partial charge in [-0.1, -0.05) is 30.0 Å². The highest BCUT2D eigenvalue weighted by Gasteiger charge is 2.14. The van der Waals surface area contributed by atoms with Gasteiger partial charge in [0.15, 0.2) is 5.16 Å². The number of hydrogen-bond donors (Lipinski definition) is 2. The van der Waals surface area contributed by atoms with Crippen molar-refractivity contribution in [3.8, 4) is 0 Å². The van der Waals surface area contributed by atoms with Gasteiger partial charge in [-0.25, -0.2) is 4.98 Å². The summed E-state index contributed by atoms with van der Waals surface area (Å²) in [5.41, 5.74) is 9.00. The Kier molecular flexibility index (Phi) is 3.48. The summed E-state index contributed by atoms with van der Waals surface area (Å²) in [5.74, 6) is 0. The van der Waals surface area contributed by atoms with Crippen LogP contribution in [-0.2, 0) is 0 Å². The first-order valence-electron chi connectivity index (χ1n) is 6.08. The molecule has 5 heteroatoms. The summed E-state index contributed by atoms with van der Waals surface area (Å²) in [5, 5.41) is 1.05. The molecule has 96 valence electrons. The Morgan fingerprint density at radius 2 is 2.11 bits per heavy atom. The second kappa shape index (κ2) is 5.42. The second-order valence-corrected chi connectivity index (χ2v) is 5.38. The van der Waals surface area contributed by atoms with Crippen LogP contribution >= 0.6 is 11.8 Å². The molecule has 0 spiro atoms. The molecule has 0 aliphatic carbocycles. The van der Waals surface area contributed by atoms with Crippen molar-refractivity contribution in [3.63, 3.8) is 0 Å². The quantitative estimate of drug-likeness (QED) is 0.715. The number of H-pyrrole nitrogens is 1. The molecule has 3 N–H and O–H groups in total. The Balaban J connectivity index is 1.86. The third kappa shape index (κ3) is 2.62.